The predicted molar refractivity (Wildman–Crippen MR) is 79.8 cm³/mol. The first-order valence-electron chi connectivity index (χ1n) is 7.42. The molecule has 23 heavy (non-hydrogen) atoms. The SMILES string of the molecule is O=C(O)C1CCCN1C(c1ccccn1)c1ccc(F)cc1F. The Hall–Kier alpha value is -2.34. The fourth-order valence-corrected chi connectivity index (χ4v) is 3.13. The van der Waals surface area contributed by atoms with Crippen molar-refractivity contribution in [3.05, 3.63) is 65.5 Å². The molecular formula is C17H16F2N2O2. The molecule has 0 aliphatic carbocycles. The second kappa shape index (κ2) is 6.42. The minimum atomic E-state index is -0.939. The minimum Gasteiger partial charge on any atom is -0.480 e. The number of aliphatic carboxylic acids is 1. The third kappa shape index (κ3) is 3.07. The first-order valence-corrected chi connectivity index (χ1v) is 7.42. The van der Waals surface area contributed by atoms with Crippen LogP contribution in [0.3, 0.4) is 0 Å². The lowest BCUT2D eigenvalue weighted by Gasteiger charge is -2.31. The van der Waals surface area contributed by atoms with E-state index in [-0.39, 0.29) is 5.56 Å². The van der Waals surface area contributed by atoms with Crippen LogP contribution in [0.2, 0.25) is 0 Å². The maximum absolute atomic E-state index is 14.3. The standard InChI is InChI=1S/C17H16F2N2O2/c18-11-6-7-12(13(19)10-11)16(14-4-1-2-8-20-14)21-9-3-5-15(21)17(22)23/h1-2,4,6-8,10,15-16H,3,5,9H2,(H,22,23). The molecule has 120 valence electrons. The summed E-state index contributed by atoms with van der Waals surface area (Å²) in [7, 11) is 0. The monoisotopic (exact) mass is 318 g/mol. The Kier molecular flexibility index (Phi) is 4.34. The summed E-state index contributed by atoms with van der Waals surface area (Å²) in [6.45, 7) is 0.523. The molecule has 2 aromatic rings. The average Bonchev–Trinajstić information content (AvgIpc) is 3.00. The molecule has 1 aromatic heterocycles. The number of hydrogen-bond donors (Lipinski definition) is 1. The summed E-state index contributed by atoms with van der Waals surface area (Å²) in [5.41, 5.74) is 0.782. The first kappa shape index (κ1) is 15.6. The molecule has 1 N–H and O–H groups in total. The number of likely N-dealkylation sites (tertiary alicyclic amines) is 1. The molecule has 0 spiro atoms. The molecule has 4 nitrogen and oxygen atoms in total. The number of carboxylic acid groups (broad SMARTS) is 1. The van der Waals surface area contributed by atoms with Gasteiger partial charge >= 0.3 is 5.97 Å². The smallest absolute Gasteiger partial charge is 0.320 e. The maximum atomic E-state index is 14.3. The van der Waals surface area contributed by atoms with Gasteiger partial charge in [0.25, 0.3) is 0 Å². The van der Waals surface area contributed by atoms with E-state index in [0.717, 1.165) is 6.07 Å². The number of nitrogens with zero attached hydrogens (tertiary/aromatic N) is 2. The molecule has 2 heterocycles. The number of benzene rings is 1. The van der Waals surface area contributed by atoms with Gasteiger partial charge in [-0.25, -0.2) is 8.78 Å². The van der Waals surface area contributed by atoms with Crippen LogP contribution in [0.25, 0.3) is 0 Å². The molecule has 0 radical (unpaired) electrons. The van der Waals surface area contributed by atoms with Crippen molar-refractivity contribution in [3.8, 4) is 0 Å². The van der Waals surface area contributed by atoms with Gasteiger partial charge in [0.15, 0.2) is 0 Å². The fourth-order valence-electron chi connectivity index (χ4n) is 3.13. The zero-order valence-corrected chi connectivity index (χ0v) is 12.3. The number of aromatic nitrogens is 1. The van der Waals surface area contributed by atoms with Gasteiger partial charge in [-0.15, -0.1) is 0 Å². The molecule has 1 aliphatic rings. The van der Waals surface area contributed by atoms with E-state index >= 15 is 0 Å². The Morgan fingerprint density at radius 2 is 2.13 bits per heavy atom. The molecular weight excluding hydrogens is 302 g/mol. The number of carboxylic acids is 1. The zero-order chi connectivity index (χ0) is 16.4. The van der Waals surface area contributed by atoms with Crippen LogP contribution in [0.4, 0.5) is 8.78 Å². The lowest BCUT2D eigenvalue weighted by Crippen LogP contribution is -2.39. The van der Waals surface area contributed by atoms with Crippen molar-refractivity contribution >= 4 is 5.97 Å². The first-order chi connectivity index (χ1) is 11.1. The minimum absolute atomic E-state index is 0.234. The van der Waals surface area contributed by atoms with Gasteiger partial charge in [0.1, 0.15) is 17.7 Å². The molecule has 0 amide bonds. The fraction of sp³-hybridized carbons (Fsp3) is 0.294. The number of hydrogen-bond acceptors (Lipinski definition) is 3. The van der Waals surface area contributed by atoms with E-state index in [0.29, 0.717) is 25.1 Å². The lowest BCUT2D eigenvalue weighted by molar-refractivity contribution is -0.142. The molecule has 2 unspecified atom stereocenters. The van der Waals surface area contributed by atoms with Gasteiger partial charge < -0.3 is 5.11 Å². The van der Waals surface area contributed by atoms with E-state index in [2.05, 4.69) is 4.98 Å². The normalized spacial score (nSPS) is 19.7. The van der Waals surface area contributed by atoms with Crippen molar-refractivity contribution in [2.75, 3.05) is 6.54 Å². The largest absolute Gasteiger partial charge is 0.480 e. The van der Waals surface area contributed by atoms with E-state index < -0.39 is 29.7 Å². The van der Waals surface area contributed by atoms with Gasteiger partial charge in [-0.05, 0) is 31.0 Å². The quantitative estimate of drug-likeness (QED) is 0.941. The van der Waals surface area contributed by atoms with Crippen molar-refractivity contribution in [2.45, 2.75) is 24.9 Å². The average molecular weight is 318 g/mol. The number of pyridine rings is 1. The summed E-state index contributed by atoms with van der Waals surface area (Å²) in [6, 6.07) is 7.23. The molecule has 1 fully saturated rings. The Labute approximate surface area is 132 Å². The Bertz CT molecular complexity index is 709. The Morgan fingerprint density at radius 3 is 2.78 bits per heavy atom. The van der Waals surface area contributed by atoms with Crippen LogP contribution in [0.1, 0.15) is 30.1 Å². The predicted octanol–water partition coefficient (Wildman–Crippen LogP) is 3.00. The number of halogens is 2. The second-order valence-electron chi connectivity index (χ2n) is 5.56. The zero-order valence-electron chi connectivity index (χ0n) is 12.3. The molecule has 3 rings (SSSR count). The van der Waals surface area contributed by atoms with E-state index in [9.17, 15) is 18.7 Å². The van der Waals surface area contributed by atoms with Gasteiger partial charge in [-0.1, -0.05) is 12.1 Å². The summed E-state index contributed by atoms with van der Waals surface area (Å²) < 4.78 is 27.6. The van der Waals surface area contributed by atoms with E-state index in [4.69, 9.17) is 0 Å². The van der Waals surface area contributed by atoms with Gasteiger partial charge in [0.05, 0.1) is 11.7 Å². The van der Waals surface area contributed by atoms with E-state index in [1.54, 1.807) is 29.3 Å². The van der Waals surface area contributed by atoms with Crippen molar-refractivity contribution in [3.63, 3.8) is 0 Å². The number of rotatable bonds is 4. The van der Waals surface area contributed by atoms with Crippen molar-refractivity contribution in [1.82, 2.24) is 9.88 Å². The Morgan fingerprint density at radius 1 is 1.30 bits per heavy atom. The summed E-state index contributed by atoms with van der Waals surface area (Å²) in [4.78, 5) is 17.5. The lowest BCUT2D eigenvalue weighted by atomic mass is 9.99. The van der Waals surface area contributed by atoms with Crippen LogP contribution < -0.4 is 0 Å². The van der Waals surface area contributed by atoms with Crippen LogP contribution in [-0.2, 0) is 4.79 Å². The summed E-state index contributed by atoms with van der Waals surface area (Å²) in [5.74, 6) is -2.30. The highest BCUT2D eigenvalue weighted by Crippen LogP contribution is 2.35. The van der Waals surface area contributed by atoms with Crippen molar-refractivity contribution < 1.29 is 18.7 Å². The number of carbonyl (C=O) groups is 1. The second-order valence-corrected chi connectivity index (χ2v) is 5.56. The summed E-state index contributed by atoms with van der Waals surface area (Å²) in [5, 5.41) is 9.42. The van der Waals surface area contributed by atoms with Crippen LogP contribution in [0.15, 0.2) is 42.6 Å². The molecule has 1 aliphatic heterocycles. The van der Waals surface area contributed by atoms with Crippen LogP contribution in [0.5, 0.6) is 0 Å². The molecule has 1 aromatic carbocycles. The van der Waals surface area contributed by atoms with Crippen LogP contribution in [0, 0.1) is 11.6 Å². The van der Waals surface area contributed by atoms with Gasteiger partial charge in [-0.3, -0.25) is 14.7 Å². The molecule has 2 atom stereocenters. The van der Waals surface area contributed by atoms with Crippen LogP contribution in [-0.4, -0.2) is 33.5 Å². The van der Waals surface area contributed by atoms with Gasteiger partial charge in [0.2, 0.25) is 0 Å². The van der Waals surface area contributed by atoms with Gasteiger partial charge in [0, 0.05) is 24.4 Å². The van der Waals surface area contributed by atoms with Gasteiger partial charge in [-0.2, -0.15) is 0 Å². The summed E-state index contributed by atoms with van der Waals surface area (Å²) in [6.07, 6.45) is 2.79. The third-order valence-corrected chi connectivity index (χ3v) is 4.14. The van der Waals surface area contributed by atoms with Crippen molar-refractivity contribution in [2.24, 2.45) is 0 Å². The highest BCUT2D eigenvalue weighted by molar-refractivity contribution is 5.74. The topological polar surface area (TPSA) is 53.4 Å². The van der Waals surface area contributed by atoms with E-state index in [1.807, 2.05) is 0 Å². The molecule has 0 bridgehead atoms. The highest BCUT2D eigenvalue weighted by atomic mass is 19.1. The molecule has 6 heteroatoms. The maximum Gasteiger partial charge on any atom is 0.320 e. The molecule has 0 saturated carbocycles. The van der Waals surface area contributed by atoms with Crippen molar-refractivity contribution in [1.29, 1.82) is 0 Å². The highest BCUT2D eigenvalue weighted by Gasteiger charge is 2.38. The third-order valence-electron chi connectivity index (χ3n) is 4.14. The van der Waals surface area contributed by atoms with Crippen LogP contribution >= 0.6 is 0 Å². The summed E-state index contributed by atoms with van der Waals surface area (Å²) >= 11 is 0. The Balaban J connectivity index is 2.09. The molecule has 1 saturated heterocycles. The van der Waals surface area contributed by atoms with E-state index in [1.165, 1.54) is 12.1 Å².